The number of ether oxygens (including phenoxy) is 2. The normalized spacial score (nSPS) is 14.6. The molecule has 3 rings (SSSR count). The van der Waals surface area contributed by atoms with Gasteiger partial charge in [-0.25, -0.2) is 4.79 Å². The van der Waals surface area contributed by atoms with Crippen molar-refractivity contribution in [3.8, 4) is 11.5 Å². The van der Waals surface area contributed by atoms with Crippen molar-refractivity contribution < 1.29 is 24.3 Å². The van der Waals surface area contributed by atoms with E-state index < -0.39 is 24.4 Å². The summed E-state index contributed by atoms with van der Waals surface area (Å²) in [5.74, 6) is -0.385. The summed E-state index contributed by atoms with van der Waals surface area (Å²) >= 11 is 0. The Morgan fingerprint density at radius 1 is 1.06 bits per heavy atom. The number of rotatable bonds is 9. The van der Waals surface area contributed by atoms with Gasteiger partial charge in [0, 0.05) is 40.8 Å². The zero-order valence-electron chi connectivity index (χ0n) is 20.0. The van der Waals surface area contributed by atoms with Gasteiger partial charge in [-0.2, -0.15) is 0 Å². The molecular weight excluding hydrogens is 454 g/mol. The minimum atomic E-state index is -1.21. The number of carbonyl (C=O) groups is 1. The summed E-state index contributed by atoms with van der Waals surface area (Å²) in [5, 5.41) is 20.9. The molecule has 1 amide bonds. The first kappa shape index (κ1) is 25.5. The van der Waals surface area contributed by atoms with Crippen LogP contribution in [0, 0.1) is 10.1 Å². The van der Waals surface area contributed by atoms with Crippen LogP contribution in [0.25, 0.3) is 0 Å². The van der Waals surface area contributed by atoms with Crippen LogP contribution in [0.4, 0.5) is 10.5 Å². The molecule has 0 unspecified atom stereocenters. The van der Waals surface area contributed by atoms with Gasteiger partial charge in [0.15, 0.2) is 5.75 Å². The van der Waals surface area contributed by atoms with Crippen LogP contribution in [0.3, 0.4) is 0 Å². The van der Waals surface area contributed by atoms with E-state index in [4.69, 9.17) is 9.47 Å². The van der Waals surface area contributed by atoms with Crippen molar-refractivity contribution in [1.82, 2.24) is 9.80 Å². The van der Waals surface area contributed by atoms with Gasteiger partial charge in [-0.15, -0.1) is 0 Å². The van der Waals surface area contributed by atoms with Crippen LogP contribution >= 0.6 is 0 Å². The highest BCUT2D eigenvalue weighted by Gasteiger charge is 2.23. The van der Waals surface area contributed by atoms with Gasteiger partial charge in [0.2, 0.25) is 5.75 Å². The fourth-order valence-corrected chi connectivity index (χ4v) is 4.31. The van der Waals surface area contributed by atoms with E-state index in [-0.39, 0.29) is 18.4 Å². The molecule has 9 nitrogen and oxygen atoms in total. The Morgan fingerprint density at radius 2 is 1.71 bits per heavy atom. The zero-order chi connectivity index (χ0) is 24.7. The standard InChI is InChI=1S/C24H33N3O6Si/c1-34(2,3)16-15-32-24(29)26-13-11-25(12-14-26)17-19-7-9-20(10-8-19)18-33-22-6-4-5-21(28)23(22)27(30)31/h4-10,28H,11-18H2,1-3H3. The molecule has 1 saturated heterocycles. The van der Waals surface area contributed by atoms with Crippen molar-refractivity contribution >= 4 is 19.9 Å². The molecule has 0 spiro atoms. The largest absolute Gasteiger partial charge is 0.502 e. The molecule has 34 heavy (non-hydrogen) atoms. The third kappa shape index (κ3) is 7.46. The van der Waals surface area contributed by atoms with Crippen molar-refractivity contribution in [1.29, 1.82) is 0 Å². The lowest BCUT2D eigenvalue weighted by Crippen LogP contribution is -2.48. The lowest BCUT2D eigenvalue weighted by Gasteiger charge is -2.34. The minimum Gasteiger partial charge on any atom is -0.502 e. The van der Waals surface area contributed by atoms with Crippen LogP contribution in [0.15, 0.2) is 42.5 Å². The van der Waals surface area contributed by atoms with E-state index >= 15 is 0 Å². The summed E-state index contributed by atoms with van der Waals surface area (Å²) in [6.45, 7) is 11.1. The predicted molar refractivity (Wildman–Crippen MR) is 132 cm³/mol. The smallest absolute Gasteiger partial charge is 0.409 e. The maximum Gasteiger partial charge on any atom is 0.409 e. The van der Waals surface area contributed by atoms with E-state index in [0.29, 0.717) is 19.7 Å². The van der Waals surface area contributed by atoms with Crippen molar-refractivity contribution in [2.45, 2.75) is 38.8 Å². The molecule has 0 atom stereocenters. The second-order valence-electron chi connectivity index (χ2n) is 9.67. The van der Waals surface area contributed by atoms with Crippen LogP contribution in [0.5, 0.6) is 11.5 Å². The minimum absolute atomic E-state index is 0.0333. The number of hydrogen-bond donors (Lipinski definition) is 1. The number of piperazine rings is 1. The Labute approximate surface area is 201 Å². The van der Waals surface area contributed by atoms with Crippen LogP contribution < -0.4 is 4.74 Å². The first-order valence-corrected chi connectivity index (χ1v) is 15.1. The summed E-state index contributed by atoms with van der Waals surface area (Å²) in [4.78, 5) is 26.9. The van der Waals surface area contributed by atoms with Gasteiger partial charge in [0.05, 0.1) is 11.5 Å². The first-order valence-electron chi connectivity index (χ1n) is 11.4. The molecule has 1 heterocycles. The lowest BCUT2D eigenvalue weighted by atomic mass is 10.1. The average molecular weight is 488 g/mol. The average Bonchev–Trinajstić information content (AvgIpc) is 2.78. The molecular formula is C24H33N3O6Si. The monoisotopic (exact) mass is 487 g/mol. The number of benzene rings is 2. The van der Waals surface area contributed by atoms with Gasteiger partial charge in [0.25, 0.3) is 0 Å². The van der Waals surface area contributed by atoms with Gasteiger partial charge in [-0.1, -0.05) is 50.0 Å². The molecule has 0 aromatic heterocycles. The molecule has 1 aliphatic rings. The summed E-state index contributed by atoms with van der Waals surface area (Å²) in [6, 6.07) is 13.1. The third-order valence-electron chi connectivity index (χ3n) is 5.69. The van der Waals surface area contributed by atoms with E-state index in [1.54, 1.807) is 4.90 Å². The van der Waals surface area contributed by atoms with E-state index in [2.05, 4.69) is 24.5 Å². The molecule has 2 aromatic rings. The Balaban J connectivity index is 1.44. The summed E-state index contributed by atoms with van der Waals surface area (Å²) in [7, 11) is -1.21. The number of phenols is 1. The third-order valence-corrected chi connectivity index (χ3v) is 7.40. The summed E-state index contributed by atoms with van der Waals surface area (Å²) < 4.78 is 11.0. The van der Waals surface area contributed by atoms with Gasteiger partial charge in [0.1, 0.15) is 6.61 Å². The number of nitrogens with zero attached hydrogens (tertiary/aromatic N) is 3. The number of para-hydroxylation sites is 1. The predicted octanol–water partition coefficient (Wildman–Crippen LogP) is 4.47. The summed E-state index contributed by atoms with van der Waals surface area (Å²) in [5.41, 5.74) is 1.57. The number of hydrogen-bond acceptors (Lipinski definition) is 7. The molecule has 0 bridgehead atoms. The number of phenolic OH excluding ortho intramolecular Hbond substituents is 1. The Morgan fingerprint density at radius 3 is 2.32 bits per heavy atom. The molecule has 10 heteroatoms. The molecule has 0 saturated carbocycles. The maximum atomic E-state index is 12.3. The van der Waals surface area contributed by atoms with Gasteiger partial charge in [-0.05, 0) is 29.3 Å². The fraction of sp³-hybridized carbons (Fsp3) is 0.458. The molecule has 0 aliphatic carbocycles. The second-order valence-corrected chi connectivity index (χ2v) is 15.3. The highest BCUT2D eigenvalue weighted by molar-refractivity contribution is 6.76. The Hall–Kier alpha value is -3.11. The Kier molecular flexibility index (Phi) is 8.51. The zero-order valence-corrected chi connectivity index (χ0v) is 21.0. The van der Waals surface area contributed by atoms with Gasteiger partial charge in [-0.3, -0.25) is 15.0 Å². The van der Waals surface area contributed by atoms with Crippen LogP contribution in [-0.4, -0.2) is 66.8 Å². The van der Waals surface area contributed by atoms with E-state index in [1.807, 2.05) is 24.3 Å². The highest BCUT2D eigenvalue weighted by atomic mass is 28.3. The number of nitro groups is 1. The van der Waals surface area contributed by atoms with E-state index in [9.17, 15) is 20.0 Å². The highest BCUT2D eigenvalue weighted by Crippen LogP contribution is 2.35. The van der Waals surface area contributed by atoms with Gasteiger partial charge < -0.3 is 19.5 Å². The summed E-state index contributed by atoms with van der Waals surface area (Å²) in [6.07, 6.45) is -0.214. The van der Waals surface area contributed by atoms with Crippen molar-refractivity contribution in [2.75, 3.05) is 32.8 Å². The number of aromatic hydroxyl groups is 1. The molecule has 1 fully saturated rings. The fourth-order valence-electron chi connectivity index (χ4n) is 3.60. The topological polar surface area (TPSA) is 105 Å². The van der Waals surface area contributed by atoms with Crippen LogP contribution in [0.2, 0.25) is 25.7 Å². The molecule has 184 valence electrons. The molecule has 1 N–H and O–H groups in total. The molecule has 2 aromatic carbocycles. The van der Waals surface area contributed by atoms with Crippen molar-refractivity contribution in [3.05, 3.63) is 63.7 Å². The quantitative estimate of drug-likeness (QED) is 0.316. The van der Waals surface area contributed by atoms with Crippen molar-refractivity contribution in [2.24, 2.45) is 0 Å². The Bertz CT molecular complexity index is 985. The van der Waals surface area contributed by atoms with Gasteiger partial charge >= 0.3 is 11.8 Å². The van der Waals surface area contributed by atoms with E-state index in [1.165, 1.54) is 18.2 Å². The van der Waals surface area contributed by atoms with Crippen LogP contribution in [-0.2, 0) is 17.9 Å². The van der Waals surface area contributed by atoms with E-state index in [0.717, 1.165) is 36.8 Å². The second kappa shape index (κ2) is 11.3. The number of nitro benzene ring substituents is 1. The molecule has 1 aliphatic heterocycles. The molecule has 0 radical (unpaired) electrons. The van der Waals surface area contributed by atoms with Crippen molar-refractivity contribution in [3.63, 3.8) is 0 Å². The number of carbonyl (C=O) groups excluding carboxylic acids is 1. The SMILES string of the molecule is C[Si](C)(C)CCOC(=O)N1CCN(Cc2ccc(COc3cccc(O)c3[N+](=O)[O-])cc2)CC1. The first-order chi connectivity index (χ1) is 16.1. The maximum absolute atomic E-state index is 12.3. The van der Waals surface area contributed by atoms with Crippen LogP contribution in [0.1, 0.15) is 11.1 Å². The lowest BCUT2D eigenvalue weighted by molar-refractivity contribution is -0.386. The number of amides is 1.